The van der Waals surface area contributed by atoms with Crippen molar-refractivity contribution in [2.75, 3.05) is 12.3 Å². The van der Waals surface area contributed by atoms with Crippen LogP contribution in [0.1, 0.15) is 21.7 Å². The lowest BCUT2D eigenvalue weighted by molar-refractivity contribution is -0.669. The third-order valence-corrected chi connectivity index (χ3v) is 5.40. The van der Waals surface area contributed by atoms with Gasteiger partial charge in [0.1, 0.15) is 23.8 Å². The van der Waals surface area contributed by atoms with Crippen LogP contribution in [0.2, 0.25) is 0 Å². The number of nitrogens with two attached hydrogens (primary N) is 1. The summed E-state index contributed by atoms with van der Waals surface area (Å²) in [4.78, 5) is 23.3. The third kappa shape index (κ3) is 5.58. The van der Waals surface area contributed by atoms with Crippen LogP contribution >= 0.6 is 11.8 Å². The van der Waals surface area contributed by atoms with E-state index in [0.29, 0.717) is 22.2 Å². The van der Waals surface area contributed by atoms with Gasteiger partial charge in [-0.1, -0.05) is 11.8 Å². The number of amides is 1. The van der Waals surface area contributed by atoms with Crippen molar-refractivity contribution in [1.82, 2.24) is 40.8 Å². The number of hydrazone groups is 1. The Morgan fingerprint density at radius 1 is 1.37 bits per heavy atom. The normalized spacial score (nSPS) is 11.1. The molecule has 3 aromatic heterocycles. The van der Waals surface area contributed by atoms with E-state index in [1.165, 1.54) is 22.7 Å². The van der Waals surface area contributed by atoms with Crippen LogP contribution in [0.15, 0.2) is 45.5 Å². The smallest absolute Gasteiger partial charge is 0.377 e. The molecule has 0 aliphatic heterocycles. The number of nitrogen functional groups attached to an aromatic ring is 1. The number of ether oxygens (including phenoxy) is 1. The molecule has 4 N–H and O–H groups in total. The standard InChI is InChI=1S/C18H17N11O5S/c1-28-9-21-24-18(28)35-8-12-14(22-27-29(12)16-15(19)25-34-26-16)17(32)23-20-6-10-2-4-11(5-3-10)33-7-13(30)31/h2-6,9H,7-8H2,1H3,(H4,19,23,25,30,31,32)/b20-6+. The molecule has 0 radical (unpaired) electrons. The topological polar surface area (TPSA) is 219 Å². The van der Waals surface area contributed by atoms with Crippen molar-refractivity contribution in [3.8, 4) is 11.6 Å². The first-order chi connectivity index (χ1) is 16.9. The Bertz CT molecular complexity index is 1360. The van der Waals surface area contributed by atoms with Crippen LogP contribution in [0.4, 0.5) is 5.82 Å². The van der Waals surface area contributed by atoms with Gasteiger partial charge in [0.25, 0.3) is 11.5 Å². The molecule has 1 amide bonds. The fourth-order valence-electron chi connectivity index (χ4n) is 2.71. The zero-order valence-corrected chi connectivity index (χ0v) is 18.8. The van der Waals surface area contributed by atoms with Crippen LogP contribution in [0.5, 0.6) is 5.75 Å². The summed E-state index contributed by atoms with van der Waals surface area (Å²) in [6, 6.07) is 6.37. The lowest BCUT2D eigenvalue weighted by Crippen LogP contribution is -2.38. The number of carbonyl (C=O) groups excluding carboxylic acids is 2. The number of thioether (sulfide) groups is 1. The molecule has 0 saturated heterocycles. The summed E-state index contributed by atoms with van der Waals surface area (Å²) in [5, 5.41) is 36.9. The number of nitrogens with zero attached hydrogens (tertiary/aromatic N) is 8. The van der Waals surface area contributed by atoms with E-state index in [0.717, 1.165) is 0 Å². The Hall–Kier alpha value is -4.80. The Morgan fingerprint density at radius 3 is 2.83 bits per heavy atom. The predicted molar refractivity (Wildman–Crippen MR) is 115 cm³/mol. The summed E-state index contributed by atoms with van der Waals surface area (Å²) in [5.74, 6) is -1.20. The van der Waals surface area contributed by atoms with Gasteiger partial charge in [-0.05, 0) is 40.1 Å². The van der Waals surface area contributed by atoms with Crippen molar-refractivity contribution in [3.63, 3.8) is 0 Å². The average molecular weight is 499 g/mol. The molecule has 4 aromatic rings. The van der Waals surface area contributed by atoms with Gasteiger partial charge >= 0.3 is 11.7 Å². The molecule has 0 saturated carbocycles. The van der Waals surface area contributed by atoms with Gasteiger partial charge < -0.3 is 24.9 Å². The highest BCUT2D eigenvalue weighted by atomic mass is 32.2. The van der Waals surface area contributed by atoms with E-state index in [9.17, 15) is 14.7 Å². The van der Waals surface area contributed by atoms with Crippen LogP contribution in [-0.2, 0) is 17.6 Å². The average Bonchev–Trinajstić information content (AvgIpc) is 3.56. The number of aromatic nitrogens is 8. The maximum Gasteiger partial charge on any atom is 0.377 e. The van der Waals surface area contributed by atoms with E-state index in [4.69, 9.17) is 10.5 Å². The largest absolute Gasteiger partial charge is 0.546 e. The maximum absolute atomic E-state index is 12.8. The van der Waals surface area contributed by atoms with Crippen molar-refractivity contribution >= 4 is 35.7 Å². The van der Waals surface area contributed by atoms with Crippen molar-refractivity contribution in [1.29, 1.82) is 0 Å². The molecule has 35 heavy (non-hydrogen) atoms. The van der Waals surface area contributed by atoms with Gasteiger partial charge in [-0.15, -0.1) is 20.1 Å². The second kappa shape index (κ2) is 10.4. The minimum absolute atomic E-state index is 0.000538. The van der Waals surface area contributed by atoms with Gasteiger partial charge in [-0.3, -0.25) is 4.79 Å². The first-order valence-corrected chi connectivity index (χ1v) is 10.7. The van der Waals surface area contributed by atoms with Crippen molar-refractivity contribution in [3.05, 3.63) is 47.5 Å². The van der Waals surface area contributed by atoms with E-state index in [-0.39, 0.29) is 23.1 Å². The molecule has 0 atom stereocenters. The number of carbonyl (C=O) groups is 2. The number of anilines is 1. The summed E-state index contributed by atoms with van der Waals surface area (Å²) in [6.07, 6.45) is 2.95. The molecule has 16 nitrogen and oxygen atoms in total. The maximum atomic E-state index is 12.8. The van der Waals surface area contributed by atoms with Crippen LogP contribution < -0.4 is 25.7 Å². The van der Waals surface area contributed by atoms with E-state index in [2.05, 4.69) is 46.0 Å². The fraction of sp³-hybridized carbons (Fsp3) is 0.167. The minimum Gasteiger partial charge on any atom is -0.546 e. The number of aromatic amines is 1. The molecular weight excluding hydrogens is 482 g/mol. The summed E-state index contributed by atoms with van der Waals surface area (Å²) in [7, 11) is 1.79. The Morgan fingerprint density at radius 2 is 2.17 bits per heavy atom. The number of aryl methyl sites for hydroxylation is 1. The Kier molecular flexibility index (Phi) is 6.96. The van der Waals surface area contributed by atoms with Crippen molar-refractivity contribution in [2.24, 2.45) is 12.1 Å². The first kappa shape index (κ1) is 23.4. The number of carboxylic acid groups (broad SMARTS) is 1. The molecule has 0 bridgehead atoms. The van der Waals surface area contributed by atoms with Gasteiger partial charge in [0.05, 0.1) is 17.9 Å². The third-order valence-electron chi connectivity index (χ3n) is 4.35. The van der Waals surface area contributed by atoms with Gasteiger partial charge in [-0.25, -0.2) is 5.43 Å². The monoisotopic (exact) mass is 499 g/mol. The molecular formula is C18H17N11O5S. The predicted octanol–water partition coefficient (Wildman–Crippen LogP) is -2.03. The summed E-state index contributed by atoms with van der Waals surface area (Å²) in [5.41, 5.74) is 9.27. The molecule has 0 unspecified atom stereocenters. The summed E-state index contributed by atoms with van der Waals surface area (Å²) >= 11 is 1.31. The highest BCUT2D eigenvalue weighted by molar-refractivity contribution is 7.98. The number of hydrogen-bond donors (Lipinski definition) is 3. The van der Waals surface area contributed by atoms with Gasteiger partial charge in [0.2, 0.25) is 0 Å². The van der Waals surface area contributed by atoms with E-state index >= 15 is 0 Å². The number of carboxylic acids is 1. The lowest BCUT2D eigenvalue weighted by atomic mass is 10.2. The number of aliphatic carboxylic acids is 1. The quantitative estimate of drug-likeness (QED) is 0.0930. The SMILES string of the molecule is Cn1cnnc1SCc1c(C(=O)N/N=C/c2ccc(OCC(=O)[O-])cc2)n[nH][n+]1-c1nonc1N. The first-order valence-electron chi connectivity index (χ1n) is 9.73. The summed E-state index contributed by atoms with van der Waals surface area (Å²) in [6.45, 7) is -0.555. The fourth-order valence-corrected chi connectivity index (χ4v) is 3.60. The van der Waals surface area contributed by atoms with E-state index in [1.807, 2.05) is 0 Å². The van der Waals surface area contributed by atoms with Gasteiger partial charge in [-0.2, -0.15) is 9.73 Å². The zero-order valence-electron chi connectivity index (χ0n) is 18.0. The molecule has 0 spiro atoms. The highest BCUT2D eigenvalue weighted by Gasteiger charge is 2.30. The molecule has 1 aromatic carbocycles. The molecule has 0 aliphatic rings. The van der Waals surface area contributed by atoms with Gasteiger partial charge in [0.15, 0.2) is 10.9 Å². The van der Waals surface area contributed by atoms with E-state index in [1.54, 1.807) is 42.2 Å². The number of benzene rings is 1. The van der Waals surface area contributed by atoms with Crippen molar-refractivity contribution in [2.45, 2.75) is 10.9 Å². The Balaban J connectivity index is 1.48. The Labute approximate surface area is 200 Å². The van der Waals surface area contributed by atoms with Crippen LogP contribution in [0.25, 0.3) is 5.82 Å². The summed E-state index contributed by atoms with van der Waals surface area (Å²) < 4.78 is 12.8. The van der Waals surface area contributed by atoms with E-state index < -0.39 is 18.5 Å². The van der Waals surface area contributed by atoms with Gasteiger partial charge in [0, 0.05) is 7.05 Å². The highest BCUT2D eigenvalue weighted by Crippen LogP contribution is 2.20. The molecule has 3 heterocycles. The molecule has 180 valence electrons. The van der Waals surface area contributed by atoms with Crippen molar-refractivity contribution < 1.29 is 28.7 Å². The second-order valence-electron chi connectivity index (χ2n) is 6.76. The lowest BCUT2D eigenvalue weighted by Gasteiger charge is -2.06. The number of rotatable bonds is 10. The molecule has 4 rings (SSSR count). The minimum atomic E-state index is -1.32. The van der Waals surface area contributed by atoms with Crippen LogP contribution in [0, 0.1) is 0 Å². The number of hydrogen-bond acceptors (Lipinski definition) is 13. The zero-order chi connectivity index (χ0) is 24.8. The second-order valence-corrected chi connectivity index (χ2v) is 7.70. The molecule has 0 aliphatic carbocycles. The number of H-pyrrole nitrogens is 1. The van der Waals surface area contributed by atoms with Crippen LogP contribution in [-0.4, -0.2) is 60.1 Å². The molecule has 17 heteroatoms. The van der Waals surface area contributed by atoms with Crippen LogP contribution in [0.3, 0.4) is 0 Å². The number of nitrogens with one attached hydrogen (secondary N) is 2. The molecule has 0 fully saturated rings.